The number of nitrogens with zero attached hydrogens (tertiary/aromatic N) is 2. The van der Waals surface area contributed by atoms with Gasteiger partial charge < -0.3 is 47.0 Å². The Balaban J connectivity index is -0.000000101. The molecule has 0 atom stereocenters. The Morgan fingerprint density at radius 2 is 1.62 bits per heavy atom. The van der Waals surface area contributed by atoms with Crippen molar-refractivity contribution in [2.45, 2.75) is 6.92 Å². The Bertz CT molecular complexity index is 113. The molecule has 0 spiro atoms. The van der Waals surface area contributed by atoms with E-state index in [1.807, 2.05) is 11.1 Å². The molecule has 0 bridgehead atoms. The fraction of sp³-hybridized carbons (Fsp3) is 0.667. The van der Waals surface area contributed by atoms with Crippen LogP contribution in [0.4, 0.5) is 0 Å². The molecule has 0 radical (unpaired) electrons. The second kappa shape index (κ2) is 13.0. The summed E-state index contributed by atoms with van der Waals surface area (Å²) in [7, 11) is 0. The monoisotopic (exact) mass is 278 g/mol. The van der Waals surface area contributed by atoms with Gasteiger partial charge in [-0.15, -0.1) is 11.6 Å². The van der Waals surface area contributed by atoms with E-state index in [4.69, 9.17) is 11.6 Å². The average Bonchev–Trinajstić information content (AvgIpc) is 2.34. The minimum Gasteiger partial charge on any atom is -1.00 e. The van der Waals surface area contributed by atoms with Crippen LogP contribution in [0.15, 0.2) is 12.4 Å². The molecule has 0 aliphatic carbocycles. The molecule has 0 aromatic heterocycles. The molecule has 0 unspecified atom stereocenters. The first-order valence-electron chi connectivity index (χ1n) is 3.09. The zero-order valence-electron chi connectivity index (χ0n) is 7.26. The molecule has 0 fully saturated rings. The number of hydrogen-bond donors (Lipinski definition) is 0. The molecular weight excluding hydrogens is 269 g/mol. The Labute approximate surface area is 114 Å². The zero-order valence-corrected chi connectivity index (χ0v) is 11.4. The Hall–Kier alpha value is 1.03. The number of hydrogen-bond acceptors (Lipinski definition) is 2. The third-order valence-corrected chi connectivity index (χ3v) is 1.72. The molecule has 2 nitrogen and oxygen atoms in total. The second-order valence-corrected chi connectivity index (χ2v) is 2.29. The predicted molar refractivity (Wildman–Crippen MR) is 44.7 cm³/mol. The van der Waals surface area contributed by atoms with Gasteiger partial charge in [0.25, 0.3) is 0 Å². The maximum absolute atomic E-state index is 5.58. The third-order valence-electron chi connectivity index (χ3n) is 1.41. The molecule has 0 aromatic carbocycles. The average molecular weight is 280 g/mol. The smallest absolute Gasteiger partial charge is 1.00 e. The molecule has 1 aliphatic rings. The van der Waals surface area contributed by atoms with Crippen LogP contribution in [0.1, 0.15) is 6.92 Å². The molecular formula is C6H11AlCl4N2. The van der Waals surface area contributed by atoms with E-state index in [1.54, 1.807) is 0 Å². The van der Waals surface area contributed by atoms with Crippen LogP contribution >= 0.6 is 11.6 Å². The summed E-state index contributed by atoms with van der Waals surface area (Å²) in [6.07, 6.45) is 4.07. The van der Waals surface area contributed by atoms with Crippen LogP contribution in [-0.4, -0.2) is 46.4 Å². The minimum absolute atomic E-state index is 0. The molecule has 0 saturated heterocycles. The van der Waals surface area contributed by atoms with Gasteiger partial charge in [-0.1, -0.05) is 0 Å². The summed E-state index contributed by atoms with van der Waals surface area (Å²) in [5.74, 6) is 0. The van der Waals surface area contributed by atoms with Crippen LogP contribution in [0.25, 0.3) is 0 Å². The van der Waals surface area contributed by atoms with E-state index in [-0.39, 0.29) is 54.6 Å². The van der Waals surface area contributed by atoms with E-state index < -0.39 is 0 Å². The van der Waals surface area contributed by atoms with E-state index >= 15 is 0 Å². The normalized spacial score (nSPS) is 12.2. The standard InChI is InChI=1S/C6H11ClN2.Al.3ClH/c1-2-8-3-4-9(5-7)6-8;;;;/h3-4H,2,5-6H2,1H3;;3*1H/q;+3;;;/p-3. The molecule has 0 N–H and O–H groups in total. The van der Waals surface area contributed by atoms with Crippen LogP contribution in [0, 0.1) is 0 Å². The van der Waals surface area contributed by atoms with Gasteiger partial charge in [0.15, 0.2) is 0 Å². The minimum atomic E-state index is 0. The van der Waals surface area contributed by atoms with E-state index in [9.17, 15) is 0 Å². The van der Waals surface area contributed by atoms with Crippen molar-refractivity contribution in [2.24, 2.45) is 0 Å². The third kappa shape index (κ3) is 8.06. The van der Waals surface area contributed by atoms with Gasteiger partial charge in [0.2, 0.25) is 0 Å². The first-order chi connectivity index (χ1) is 4.36. The van der Waals surface area contributed by atoms with Crippen LogP contribution in [-0.2, 0) is 0 Å². The molecule has 0 aromatic rings. The first kappa shape index (κ1) is 23.7. The van der Waals surface area contributed by atoms with Crippen molar-refractivity contribution in [1.82, 2.24) is 9.80 Å². The van der Waals surface area contributed by atoms with Gasteiger partial charge in [0, 0.05) is 18.9 Å². The quantitative estimate of drug-likeness (QED) is 0.282. The van der Waals surface area contributed by atoms with Gasteiger partial charge in [-0.05, 0) is 6.92 Å². The first-order valence-corrected chi connectivity index (χ1v) is 3.62. The SMILES string of the molecule is CCN1C=CN(CCl)C1.[Al+3].[Cl-].[Cl-].[Cl-]. The van der Waals surface area contributed by atoms with Crippen molar-refractivity contribution in [3.63, 3.8) is 0 Å². The van der Waals surface area contributed by atoms with E-state index in [2.05, 4.69) is 18.0 Å². The number of halogens is 4. The Morgan fingerprint density at radius 3 is 1.85 bits per heavy atom. The summed E-state index contributed by atoms with van der Waals surface area (Å²) >= 11 is 5.58. The topological polar surface area (TPSA) is 6.48 Å². The number of rotatable bonds is 2. The van der Waals surface area contributed by atoms with Crippen molar-refractivity contribution in [3.05, 3.63) is 12.4 Å². The summed E-state index contributed by atoms with van der Waals surface area (Å²) < 4.78 is 0. The maximum Gasteiger partial charge on any atom is 3.00 e. The van der Waals surface area contributed by atoms with Crippen molar-refractivity contribution < 1.29 is 37.2 Å². The van der Waals surface area contributed by atoms with Crippen molar-refractivity contribution in [2.75, 3.05) is 19.2 Å². The largest absolute Gasteiger partial charge is 3.00 e. The molecule has 7 heteroatoms. The Kier molecular flexibility index (Phi) is 23.7. The van der Waals surface area contributed by atoms with E-state index in [0.717, 1.165) is 13.2 Å². The van der Waals surface area contributed by atoms with Crippen molar-refractivity contribution in [1.29, 1.82) is 0 Å². The van der Waals surface area contributed by atoms with Gasteiger partial charge in [-0.3, -0.25) is 0 Å². The molecule has 13 heavy (non-hydrogen) atoms. The van der Waals surface area contributed by atoms with Gasteiger partial charge in [-0.25, -0.2) is 0 Å². The van der Waals surface area contributed by atoms with Crippen LogP contribution < -0.4 is 37.2 Å². The molecule has 0 amide bonds. The second-order valence-electron chi connectivity index (χ2n) is 2.05. The predicted octanol–water partition coefficient (Wildman–Crippen LogP) is -8.12. The Morgan fingerprint density at radius 1 is 1.15 bits per heavy atom. The zero-order chi connectivity index (χ0) is 6.69. The van der Waals surface area contributed by atoms with E-state index in [0.29, 0.717) is 6.00 Å². The van der Waals surface area contributed by atoms with Crippen LogP contribution in [0.5, 0.6) is 0 Å². The maximum atomic E-state index is 5.58. The molecule has 1 heterocycles. The van der Waals surface area contributed by atoms with Gasteiger partial charge in [0.1, 0.15) is 0 Å². The van der Waals surface area contributed by atoms with E-state index in [1.165, 1.54) is 0 Å². The van der Waals surface area contributed by atoms with Crippen molar-refractivity contribution >= 4 is 29.0 Å². The van der Waals surface area contributed by atoms with Gasteiger partial charge in [0.05, 0.1) is 12.7 Å². The summed E-state index contributed by atoms with van der Waals surface area (Å²) in [6, 6.07) is 0.590. The molecule has 1 aliphatic heterocycles. The van der Waals surface area contributed by atoms with Crippen LogP contribution in [0.3, 0.4) is 0 Å². The van der Waals surface area contributed by atoms with Gasteiger partial charge >= 0.3 is 17.4 Å². The van der Waals surface area contributed by atoms with Gasteiger partial charge in [-0.2, -0.15) is 0 Å². The summed E-state index contributed by atoms with van der Waals surface area (Å²) in [5.41, 5.74) is 0. The fourth-order valence-electron chi connectivity index (χ4n) is 0.799. The summed E-state index contributed by atoms with van der Waals surface area (Å²) in [5, 5.41) is 0. The molecule has 1 rings (SSSR count). The summed E-state index contributed by atoms with van der Waals surface area (Å²) in [6.45, 7) is 4.13. The molecule has 0 saturated carbocycles. The molecule has 76 valence electrons. The van der Waals surface area contributed by atoms with Crippen LogP contribution in [0.2, 0.25) is 0 Å². The van der Waals surface area contributed by atoms with Crippen molar-refractivity contribution in [3.8, 4) is 0 Å². The number of alkyl halides is 1. The summed E-state index contributed by atoms with van der Waals surface area (Å²) in [4.78, 5) is 4.24. The fourth-order valence-corrected chi connectivity index (χ4v) is 0.954.